The number of aliphatic carboxylic acids is 2. The molecule has 0 saturated carbocycles. The lowest BCUT2D eigenvalue weighted by molar-refractivity contribution is -0.873. The van der Waals surface area contributed by atoms with Crippen LogP contribution in [0.1, 0.15) is 51.4 Å². The molecule has 0 aromatic rings. The highest BCUT2D eigenvalue weighted by Gasteiger charge is 2.24. The summed E-state index contributed by atoms with van der Waals surface area (Å²) in [5.41, 5.74) is 0. The smallest absolute Gasteiger partial charge is 0.307 e. The molecule has 0 amide bonds. The van der Waals surface area contributed by atoms with E-state index in [1.165, 1.54) is 0 Å². The van der Waals surface area contributed by atoms with Crippen LogP contribution >= 0.6 is 0 Å². The van der Waals surface area contributed by atoms with Crippen LogP contribution in [0, 0.1) is 0 Å². The van der Waals surface area contributed by atoms with Gasteiger partial charge in [-0.15, -0.1) is 0 Å². The maximum Gasteiger partial charge on any atom is 0.307 e. The van der Waals surface area contributed by atoms with E-state index in [9.17, 15) is 14.4 Å². The van der Waals surface area contributed by atoms with Gasteiger partial charge in [-0.3, -0.25) is 14.4 Å². The van der Waals surface area contributed by atoms with E-state index in [0.717, 1.165) is 25.7 Å². The molecule has 0 saturated heterocycles. The van der Waals surface area contributed by atoms with Crippen molar-refractivity contribution in [3.8, 4) is 0 Å². The van der Waals surface area contributed by atoms with Crippen molar-refractivity contribution >= 4 is 17.9 Å². The van der Waals surface area contributed by atoms with Crippen LogP contribution in [0.3, 0.4) is 0 Å². The number of ether oxygens (including phenoxy) is 1. The lowest BCUT2D eigenvalue weighted by atomic mass is 10.1. The van der Waals surface area contributed by atoms with Crippen LogP contribution in [0.25, 0.3) is 0 Å². The summed E-state index contributed by atoms with van der Waals surface area (Å²) < 4.78 is 5.84. The van der Waals surface area contributed by atoms with Gasteiger partial charge in [0.2, 0.25) is 0 Å². The van der Waals surface area contributed by atoms with E-state index in [2.05, 4.69) is 0 Å². The van der Waals surface area contributed by atoms with Gasteiger partial charge in [-0.25, -0.2) is 0 Å². The SMILES string of the molecule is C[N+](C)(C)CC(CC(=O)O)OC(=O)CC/C=C/C=C/C=C/CCCCCC(=O)O. The van der Waals surface area contributed by atoms with Crippen LogP contribution in [-0.4, -0.2) is 66.4 Å². The molecule has 0 aromatic carbocycles. The van der Waals surface area contributed by atoms with Gasteiger partial charge in [0.05, 0.1) is 27.6 Å². The minimum atomic E-state index is -0.977. The highest BCUT2D eigenvalue weighted by Crippen LogP contribution is 2.08. The molecule has 0 bridgehead atoms. The van der Waals surface area contributed by atoms with Gasteiger partial charge in [-0.1, -0.05) is 42.9 Å². The summed E-state index contributed by atoms with van der Waals surface area (Å²) in [6.07, 6.45) is 15.2. The third-order valence-corrected chi connectivity index (χ3v) is 3.83. The Kier molecular flexibility index (Phi) is 14.2. The average molecular weight is 411 g/mol. The molecule has 7 nitrogen and oxygen atoms in total. The Morgan fingerprint density at radius 3 is 2.00 bits per heavy atom. The third kappa shape index (κ3) is 20.1. The minimum absolute atomic E-state index is 0.189. The van der Waals surface area contributed by atoms with E-state index in [1.807, 2.05) is 57.6 Å². The molecule has 0 radical (unpaired) electrons. The second-order valence-corrected chi connectivity index (χ2v) is 7.96. The first-order valence-corrected chi connectivity index (χ1v) is 10.0. The molecule has 0 fully saturated rings. The Morgan fingerprint density at radius 2 is 1.45 bits per heavy atom. The number of carbonyl (C=O) groups excluding carboxylic acids is 1. The van der Waals surface area contributed by atoms with E-state index in [-0.39, 0.29) is 25.2 Å². The van der Waals surface area contributed by atoms with Crippen molar-refractivity contribution in [2.24, 2.45) is 0 Å². The number of carboxylic acids is 2. The molecule has 1 unspecified atom stereocenters. The highest BCUT2D eigenvalue weighted by atomic mass is 16.5. The van der Waals surface area contributed by atoms with Gasteiger partial charge in [-0.2, -0.15) is 0 Å². The average Bonchev–Trinajstić information content (AvgIpc) is 2.56. The van der Waals surface area contributed by atoms with Crippen molar-refractivity contribution < 1.29 is 33.8 Å². The van der Waals surface area contributed by atoms with Crippen molar-refractivity contribution in [1.29, 1.82) is 0 Å². The van der Waals surface area contributed by atoms with E-state index in [0.29, 0.717) is 17.4 Å². The molecule has 0 heterocycles. The first kappa shape index (κ1) is 26.6. The summed E-state index contributed by atoms with van der Waals surface area (Å²) in [6, 6.07) is 0. The number of hydrogen-bond donors (Lipinski definition) is 2. The maximum atomic E-state index is 11.9. The van der Waals surface area contributed by atoms with Crippen LogP contribution in [0.2, 0.25) is 0 Å². The first-order valence-electron chi connectivity index (χ1n) is 10.0. The fourth-order valence-corrected chi connectivity index (χ4v) is 2.59. The monoisotopic (exact) mass is 410 g/mol. The molecule has 0 aliphatic carbocycles. The molecule has 164 valence electrons. The number of quaternary nitrogens is 1. The minimum Gasteiger partial charge on any atom is -0.481 e. The number of nitrogens with zero attached hydrogens (tertiary/aromatic N) is 1. The largest absolute Gasteiger partial charge is 0.481 e. The zero-order chi connectivity index (χ0) is 22.1. The number of rotatable bonds is 16. The van der Waals surface area contributed by atoms with Gasteiger partial charge in [0, 0.05) is 12.8 Å². The molecule has 1 atom stereocenters. The van der Waals surface area contributed by atoms with Crippen LogP contribution in [0.4, 0.5) is 0 Å². The first-order chi connectivity index (χ1) is 13.6. The van der Waals surface area contributed by atoms with Crippen molar-refractivity contribution in [3.05, 3.63) is 36.5 Å². The van der Waals surface area contributed by atoms with Crippen molar-refractivity contribution in [2.45, 2.75) is 57.5 Å². The number of hydrogen-bond acceptors (Lipinski definition) is 4. The molecule has 29 heavy (non-hydrogen) atoms. The Balaban J connectivity index is 3.99. The predicted octanol–water partition coefficient (Wildman–Crippen LogP) is 3.56. The Labute approximate surface area is 173 Å². The highest BCUT2D eigenvalue weighted by molar-refractivity contribution is 5.71. The Bertz CT molecular complexity index is 587. The topological polar surface area (TPSA) is 101 Å². The van der Waals surface area contributed by atoms with Crippen molar-refractivity contribution in [2.75, 3.05) is 27.7 Å². The Hall–Kier alpha value is -2.41. The van der Waals surface area contributed by atoms with E-state index < -0.39 is 18.0 Å². The lowest BCUT2D eigenvalue weighted by Crippen LogP contribution is -2.43. The number of carbonyl (C=O) groups is 3. The number of likely N-dealkylation sites (N-methyl/N-ethyl adjacent to an activating group) is 1. The summed E-state index contributed by atoms with van der Waals surface area (Å²) in [4.78, 5) is 33.2. The van der Waals surface area contributed by atoms with Crippen molar-refractivity contribution in [3.63, 3.8) is 0 Å². The van der Waals surface area contributed by atoms with Crippen molar-refractivity contribution in [1.82, 2.24) is 0 Å². The summed E-state index contributed by atoms with van der Waals surface area (Å²) in [5, 5.41) is 17.5. The van der Waals surface area contributed by atoms with E-state index in [4.69, 9.17) is 14.9 Å². The standard InChI is InChI=1S/C22H35NO6/c1-23(2,3)18-19(17-21(26)27)29-22(28)16-14-12-10-8-6-4-5-7-9-11-13-15-20(24)25/h4-6,8,10,12,19H,7,9,11,13-18H2,1-3H3,(H-,24,25,26,27)/p+1/b5-4+,8-6+,12-10+. The predicted molar refractivity (Wildman–Crippen MR) is 112 cm³/mol. The van der Waals surface area contributed by atoms with E-state index in [1.54, 1.807) is 0 Å². The third-order valence-electron chi connectivity index (χ3n) is 3.83. The fourth-order valence-electron chi connectivity index (χ4n) is 2.59. The van der Waals surface area contributed by atoms with Gasteiger partial charge in [0.25, 0.3) is 0 Å². The van der Waals surface area contributed by atoms with Gasteiger partial charge in [-0.05, 0) is 25.7 Å². The summed E-state index contributed by atoms with van der Waals surface area (Å²) in [5.74, 6) is -2.11. The second-order valence-electron chi connectivity index (χ2n) is 7.96. The Morgan fingerprint density at radius 1 is 0.828 bits per heavy atom. The quantitative estimate of drug-likeness (QED) is 0.175. The summed E-state index contributed by atoms with van der Waals surface area (Å²) >= 11 is 0. The number of allylic oxidation sites excluding steroid dienone is 6. The summed E-state index contributed by atoms with van der Waals surface area (Å²) in [7, 11) is 5.77. The van der Waals surface area contributed by atoms with E-state index >= 15 is 0 Å². The molecule has 0 aliphatic rings. The van der Waals surface area contributed by atoms with Gasteiger partial charge >= 0.3 is 17.9 Å². The van der Waals surface area contributed by atoms with Crippen LogP contribution in [0.15, 0.2) is 36.5 Å². The molecule has 0 rings (SSSR count). The van der Waals surface area contributed by atoms with Crippen LogP contribution < -0.4 is 0 Å². The molecule has 0 aliphatic heterocycles. The molecule has 0 spiro atoms. The summed E-state index contributed by atoms with van der Waals surface area (Å²) in [6.45, 7) is 0.447. The normalized spacial score (nSPS) is 13.3. The van der Waals surface area contributed by atoms with Gasteiger partial charge in [0.1, 0.15) is 6.54 Å². The lowest BCUT2D eigenvalue weighted by Gasteiger charge is -2.28. The zero-order valence-electron chi connectivity index (χ0n) is 17.9. The van der Waals surface area contributed by atoms with Gasteiger partial charge < -0.3 is 19.4 Å². The molecule has 2 N–H and O–H groups in total. The van der Waals surface area contributed by atoms with Crippen LogP contribution in [-0.2, 0) is 19.1 Å². The van der Waals surface area contributed by atoms with Gasteiger partial charge in [0.15, 0.2) is 6.10 Å². The second kappa shape index (κ2) is 15.5. The molecular formula is C22H36NO6+. The fraction of sp³-hybridized carbons (Fsp3) is 0.591. The maximum absolute atomic E-state index is 11.9. The molecule has 0 aromatic heterocycles. The number of carboxylic acid groups (broad SMARTS) is 2. The molecular weight excluding hydrogens is 374 g/mol. The van der Waals surface area contributed by atoms with Crippen LogP contribution in [0.5, 0.6) is 0 Å². The molecule has 7 heteroatoms. The number of esters is 1. The zero-order valence-corrected chi connectivity index (χ0v) is 17.9. The number of unbranched alkanes of at least 4 members (excludes halogenated alkanes) is 3.